The first-order valence-corrected chi connectivity index (χ1v) is 8.49. The molecule has 1 aromatic heterocycles. The molecule has 0 saturated carbocycles. The van der Waals surface area contributed by atoms with Crippen LogP contribution in [0.4, 0.5) is 5.69 Å². The number of carbonyl (C=O) groups excluding carboxylic acids is 1. The molecule has 0 aliphatic heterocycles. The van der Waals surface area contributed by atoms with E-state index >= 15 is 0 Å². The van der Waals surface area contributed by atoms with Crippen molar-refractivity contribution in [1.82, 2.24) is 0 Å². The van der Waals surface area contributed by atoms with Crippen LogP contribution in [0.2, 0.25) is 0 Å². The molecular formula is C18H16N2O4S. The zero-order valence-electron chi connectivity index (χ0n) is 13.7. The lowest BCUT2D eigenvalue weighted by Crippen LogP contribution is -2.16. The Morgan fingerprint density at radius 3 is 2.68 bits per heavy atom. The molecule has 0 radical (unpaired) electrons. The number of carbonyl (C=O) groups is 2. The lowest BCUT2D eigenvalue weighted by atomic mass is 10.0. The Hall–Kier alpha value is -2.93. The Morgan fingerprint density at radius 2 is 1.96 bits per heavy atom. The first-order chi connectivity index (χ1) is 12.0. The average Bonchev–Trinajstić information content (AvgIpc) is 2.97. The summed E-state index contributed by atoms with van der Waals surface area (Å²) in [6, 6.07) is 11.2. The molecule has 1 heterocycles. The quantitative estimate of drug-likeness (QED) is 0.408. The third-order valence-electron chi connectivity index (χ3n) is 3.67. The van der Waals surface area contributed by atoms with Gasteiger partial charge in [0.2, 0.25) is 0 Å². The highest BCUT2D eigenvalue weighted by molar-refractivity contribution is 7.25. The van der Waals surface area contributed by atoms with Crippen molar-refractivity contribution in [3.8, 4) is 0 Å². The number of aromatic carboxylic acids is 1. The molecule has 7 heteroatoms. The van der Waals surface area contributed by atoms with Crippen LogP contribution in [-0.4, -0.2) is 29.4 Å². The monoisotopic (exact) mass is 356 g/mol. The predicted molar refractivity (Wildman–Crippen MR) is 99.7 cm³/mol. The van der Waals surface area contributed by atoms with Gasteiger partial charge in [0, 0.05) is 20.2 Å². The van der Waals surface area contributed by atoms with E-state index in [0.29, 0.717) is 11.1 Å². The maximum absolute atomic E-state index is 11.9. The zero-order valence-corrected chi connectivity index (χ0v) is 14.5. The van der Waals surface area contributed by atoms with E-state index in [1.54, 1.807) is 13.0 Å². The maximum atomic E-state index is 11.9. The fraction of sp³-hybridized carbons (Fsp3) is 0.167. The zero-order chi connectivity index (χ0) is 18.0. The fourth-order valence-electron chi connectivity index (χ4n) is 2.56. The molecule has 2 N–H and O–H groups in total. The summed E-state index contributed by atoms with van der Waals surface area (Å²) in [5.41, 5.74) is 3.27. The van der Waals surface area contributed by atoms with Crippen LogP contribution in [0.5, 0.6) is 0 Å². The van der Waals surface area contributed by atoms with Crippen molar-refractivity contribution in [3.05, 3.63) is 42.0 Å². The lowest BCUT2D eigenvalue weighted by molar-refractivity contribution is -0.135. The van der Waals surface area contributed by atoms with Crippen molar-refractivity contribution < 1.29 is 19.4 Å². The Morgan fingerprint density at radius 1 is 1.20 bits per heavy atom. The molecule has 25 heavy (non-hydrogen) atoms. The number of hydrogen-bond donors (Lipinski definition) is 2. The van der Waals surface area contributed by atoms with Gasteiger partial charge in [-0.3, -0.25) is 5.43 Å². The summed E-state index contributed by atoms with van der Waals surface area (Å²) in [6.45, 7) is 3.46. The average molecular weight is 356 g/mol. The van der Waals surface area contributed by atoms with E-state index in [-0.39, 0.29) is 17.9 Å². The molecule has 3 rings (SSSR count). The summed E-state index contributed by atoms with van der Waals surface area (Å²) >= 11 is 1.54. The van der Waals surface area contributed by atoms with E-state index in [1.165, 1.54) is 18.3 Å². The van der Waals surface area contributed by atoms with Crippen molar-refractivity contribution in [3.63, 3.8) is 0 Å². The summed E-state index contributed by atoms with van der Waals surface area (Å²) in [4.78, 5) is 23.5. The molecule has 0 atom stereocenters. The van der Waals surface area contributed by atoms with Crippen molar-refractivity contribution in [2.45, 2.75) is 13.8 Å². The molecule has 0 aliphatic rings. The fourth-order valence-corrected chi connectivity index (χ4v) is 3.67. The van der Waals surface area contributed by atoms with Crippen LogP contribution in [0.15, 0.2) is 41.5 Å². The molecule has 0 bridgehead atoms. The Kier molecular flexibility index (Phi) is 4.67. The van der Waals surface area contributed by atoms with E-state index in [9.17, 15) is 14.7 Å². The molecule has 3 aromatic rings. The maximum Gasteiger partial charge on any atom is 0.354 e. The number of hydrazone groups is 1. The topological polar surface area (TPSA) is 88.0 Å². The third kappa shape index (κ3) is 3.18. The molecular weight excluding hydrogens is 340 g/mol. The second kappa shape index (κ2) is 6.90. The number of hydrogen-bond acceptors (Lipinski definition) is 6. The normalized spacial score (nSPS) is 11.7. The van der Waals surface area contributed by atoms with Crippen molar-refractivity contribution in [2.24, 2.45) is 5.10 Å². The highest BCUT2D eigenvalue weighted by atomic mass is 32.1. The number of fused-ring (bicyclic) bond motifs is 3. The van der Waals surface area contributed by atoms with Crippen LogP contribution in [0.1, 0.15) is 24.2 Å². The van der Waals surface area contributed by atoms with Gasteiger partial charge in [-0.05, 0) is 32.0 Å². The molecule has 6 nitrogen and oxygen atoms in total. The molecule has 128 valence electrons. The van der Waals surface area contributed by atoms with Gasteiger partial charge in [-0.2, -0.15) is 5.10 Å². The number of thiophene rings is 1. The number of nitrogens with one attached hydrogen (secondary N) is 1. The van der Waals surface area contributed by atoms with Crippen LogP contribution >= 0.6 is 11.3 Å². The van der Waals surface area contributed by atoms with Gasteiger partial charge in [0.05, 0.1) is 17.9 Å². The number of anilines is 1. The minimum Gasteiger partial charge on any atom is -0.478 e. The number of carboxylic acid groups (broad SMARTS) is 1. The van der Waals surface area contributed by atoms with Gasteiger partial charge in [-0.1, -0.05) is 18.2 Å². The van der Waals surface area contributed by atoms with Gasteiger partial charge >= 0.3 is 11.9 Å². The Labute approximate surface area is 147 Å². The van der Waals surface area contributed by atoms with Gasteiger partial charge in [0.25, 0.3) is 0 Å². The smallest absolute Gasteiger partial charge is 0.354 e. The SMILES string of the molecule is CCOC(=O)C(C)=NNc1ccc2sc3ccccc3c2c1C(=O)O. The summed E-state index contributed by atoms with van der Waals surface area (Å²) in [6.07, 6.45) is 0. The molecule has 0 amide bonds. The van der Waals surface area contributed by atoms with E-state index in [2.05, 4.69) is 10.5 Å². The molecule has 0 spiro atoms. The number of carboxylic acids is 1. The van der Waals surface area contributed by atoms with Crippen LogP contribution in [0, 0.1) is 0 Å². The second-order valence-corrected chi connectivity index (χ2v) is 6.38. The lowest BCUT2D eigenvalue weighted by Gasteiger charge is -2.08. The molecule has 0 fully saturated rings. The van der Waals surface area contributed by atoms with E-state index in [0.717, 1.165) is 14.8 Å². The van der Waals surface area contributed by atoms with E-state index in [4.69, 9.17) is 4.74 Å². The van der Waals surface area contributed by atoms with Gasteiger partial charge in [0.1, 0.15) is 5.71 Å². The van der Waals surface area contributed by atoms with Gasteiger partial charge in [-0.25, -0.2) is 9.59 Å². The highest BCUT2D eigenvalue weighted by Crippen LogP contribution is 2.38. The molecule has 0 unspecified atom stereocenters. The third-order valence-corrected chi connectivity index (χ3v) is 4.81. The minimum absolute atomic E-state index is 0.119. The standard InChI is InChI=1S/C18H16N2O4S/c1-3-24-18(23)10(2)19-20-12-8-9-14-15(16(12)17(21)22)11-6-4-5-7-13(11)25-14/h4-9,20H,3H2,1-2H3,(H,21,22). The summed E-state index contributed by atoms with van der Waals surface area (Å²) in [5.74, 6) is -1.60. The van der Waals surface area contributed by atoms with Gasteiger partial charge in [-0.15, -0.1) is 11.3 Å². The van der Waals surface area contributed by atoms with Crippen molar-refractivity contribution >= 4 is 54.8 Å². The highest BCUT2D eigenvalue weighted by Gasteiger charge is 2.19. The van der Waals surface area contributed by atoms with Gasteiger partial charge < -0.3 is 9.84 Å². The summed E-state index contributed by atoms with van der Waals surface area (Å²) in [5, 5.41) is 15.2. The predicted octanol–water partition coefficient (Wildman–Crippen LogP) is 4.10. The van der Waals surface area contributed by atoms with Crippen molar-refractivity contribution in [1.29, 1.82) is 0 Å². The van der Waals surface area contributed by atoms with Crippen LogP contribution < -0.4 is 5.43 Å². The largest absolute Gasteiger partial charge is 0.478 e. The van der Waals surface area contributed by atoms with E-state index < -0.39 is 11.9 Å². The number of ether oxygens (including phenoxy) is 1. The number of esters is 1. The van der Waals surface area contributed by atoms with Gasteiger partial charge in [0.15, 0.2) is 0 Å². The molecule has 0 saturated heterocycles. The summed E-state index contributed by atoms with van der Waals surface area (Å²) in [7, 11) is 0. The number of benzene rings is 2. The van der Waals surface area contributed by atoms with E-state index in [1.807, 2.05) is 30.3 Å². The van der Waals surface area contributed by atoms with Crippen LogP contribution in [0.3, 0.4) is 0 Å². The first kappa shape index (κ1) is 16.9. The molecule has 2 aromatic carbocycles. The first-order valence-electron chi connectivity index (χ1n) is 7.68. The second-order valence-electron chi connectivity index (χ2n) is 5.29. The number of nitrogens with zero attached hydrogens (tertiary/aromatic N) is 1. The number of rotatable bonds is 5. The molecule has 0 aliphatic carbocycles. The Bertz CT molecular complexity index is 1010. The van der Waals surface area contributed by atoms with Crippen LogP contribution in [-0.2, 0) is 9.53 Å². The van der Waals surface area contributed by atoms with Crippen molar-refractivity contribution in [2.75, 3.05) is 12.0 Å². The minimum atomic E-state index is -1.05. The summed E-state index contributed by atoms with van der Waals surface area (Å²) < 4.78 is 6.76. The Balaban J connectivity index is 2.11. The van der Waals surface area contributed by atoms with Crippen LogP contribution in [0.25, 0.3) is 20.2 Å².